The molecule has 1 unspecified atom stereocenters. The van der Waals surface area contributed by atoms with Crippen LogP contribution in [0.3, 0.4) is 0 Å². The maximum atomic E-state index is 13.8. The Morgan fingerprint density at radius 1 is 0.973 bits per heavy atom. The molecule has 3 aromatic rings. The quantitative estimate of drug-likeness (QED) is 0.370. The van der Waals surface area contributed by atoms with E-state index in [2.05, 4.69) is 21.2 Å². The van der Waals surface area contributed by atoms with Crippen LogP contribution in [-0.4, -0.2) is 58.1 Å². The van der Waals surface area contributed by atoms with Gasteiger partial charge in [0, 0.05) is 24.5 Å². The molecule has 1 atom stereocenters. The molecule has 1 N–H and O–H groups in total. The van der Waals surface area contributed by atoms with Gasteiger partial charge in [0.15, 0.2) is 0 Å². The highest BCUT2D eigenvalue weighted by molar-refractivity contribution is 9.10. The van der Waals surface area contributed by atoms with Gasteiger partial charge < -0.3 is 15.0 Å². The zero-order valence-corrected chi connectivity index (χ0v) is 23.3. The van der Waals surface area contributed by atoms with Crippen molar-refractivity contribution in [1.29, 1.82) is 0 Å². The second kappa shape index (κ2) is 12.7. The van der Waals surface area contributed by atoms with E-state index in [-0.39, 0.29) is 18.9 Å². The van der Waals surface area contributed by atoms with Crippen LogP contribution in [0.25, 0.3) is 0 Å². The molecule has 0 aliphatic heterocycles. The van der Waals surface area contributed by atoms with Gasteiger partial charge in [0.25, 0.3) is 0 Å². The van der Waals surface area contributed by atoms with Gasteiger partial charge in [-0.05, 0) is 47.5 Å². The Morgan fingerprint density at radius 3 is 2.19 bits per heavy atom. The van der Waals surface area contributed by atoms with Gasteiger partial charge in [-0.3, -0.25) is 13.9 Å². The zero-order valence-electron chi connectivity index (χ0n) is 20.9. The number of halogens is 1. The minimum Gasteiger partial charge on any atom is -0.497 e. The lowest BCUT2D eigenvalue weighted by atomic mass is 10.0. The molecule has 10 heteroatoms. The van der Waals surface area contributed by atoms with Crippen molar-refractivity contribution >= 4 is 43.5 Å². The van der Waals surface area contributed by atoms with Gasteiger partial charge in [-0.1, -0.05) is 58.4 Å². The van der Waals surface area contributed by atoms with Crippen molar-refractivity contribution in [1.82, 2.24) is 10.2 Å². The summed E-state index contributed by atoms with van der Waals surface area (Å²) in [4.78, 5) is 28.4. The lowest BCUT2D eigenvalue weighted by Crippen LogP contribution is -2.52. The fourth-order valence-corrected chi connectivity index (χ4v) is 5.21. The number of nitrogens with zero attached hydrogens (tertiary/aromatic N) is 2. The Morgan fingerprint density at radius 2 is 1.62 bits per heavy atom. The molecular formula is C27H30BrN3O5S. The van der Waals surface area contributed by atoms with Crippen LogP contribution in [0.2, 0.25) is 0 Å². The second-order valence-corrected chi connectivity index (χ2v) is 11.3. The standard InChI is InChI=1S/C27H30BrN3O5S/c1-29-27(33)25(17-20-8-5-4-6-9-20)30(18-21-10-7-11-22(28)16-21)26(32)19-31(37(3,34)35)23-12-14-24(36-2)15-13-23/h4-16,25H,17-19H2,1-3H3,(H,29,33). The molecule has 37 heavy (non-hydrogen) atoms. The number of amides is 2. The molecule has 0 bridgehead atoms. The van der Waals surface area contributed by atoms with Gasteiger partial charge in [0.1, 0.15) is 18.3 Å². The normalized spacial score (nSPS) is 11.9. The van der Waals surface area contributed by atoms with Crippen molar-refractivity contribution in [3.8, 4) is 5.75 Å². The smallest absolute Gasteiger partial charge is 0.244 e. The lowest BCUT2D eigenvalue weighted by molar-refractivity contribution is -0.139. The number of hydrogen-bond donors (Lipinski definition) is 1. The molecular weight excluding hydrogens is 558 g/mol. The Bertz CT molecular complexity index is 1320. The molecule has 0 saturated carbocycles. The largest absolute Gasteiger partial charge is 0.497 e. The van der Waals surface area contributed by atoms with Crippen molar-refractivity contribution in [2.24, 2.45) is 0 Å². The predicted molar refractivity (Wildman–Crippen MR) is 148 cm³/mol. The lowest BCUT2D eigenvalue weighted by Gasteiger charge is -2.33. The molecule has 2 amide bonds. The van der Waals surface area contributed by atoms with Crippen LogP contribution in [0.1, 0.15) is 11.1 Å². The van der Waals surface area contributed by atoms with Crippen molar-refractivity contribution in [3.63, 3.8) is 0 Å². The third kappa shape index (κ3) is 7.80. The number of benzene rings is 3. The highest BCUT2D eigenvalue weighted by Gasteiger charge is 2.32. The molecule has 0 radical (unpaired) electrons. The maximum absolute atomic E-state index is 13.8. The summed E-state index contributed by atoms with van der Waals surface area (Å²) in [5, 5.41) is 2.66. The van der Waals surface area contributed by atoms with E-state index in [9.17, 15) is 18.0 Å². The summed E-state index contributed by atoms with van der Waals surface area (Å²) in [5.41, 5.74) is 1.98. The predicted octanol–water partition coefficient (Wildman–Crippen LogP) is 3.61. The summed E-state index contributed by atoms with van der Waals surface area (Å²) in [6.07, 6.45) is 1.31. The SMILES string of the molecule is CNC(=O)C(Cc1ccccc1)N(Cc1cccc(Br)c1)C(=O)CN(c1ccc(OC)cc1)S(C)(=O)=O. The molecule has 0 fully saturated rings. The average molecular weight is 589 g/mol. The van der Waals surface area contributed by atoms with E-state index in [0.717, 1.165) is 26.2 Å². The maximum Gasteiger partial charge on any atom is 0.244 e. The van der Waals surface area contributed by atoms with E-state index in [4.69, 9.17) is 4.74 Å². The number of carbonyl (C=O) groups is 2. The Balaban J connectivity index is 2.01. The third-order valence-corrected chi connectivity index (χ3v) is 7.43. The summed E-state index contributed by atoms with van der Waals surface area (Å²) in [7, 11) is -0.791. The minimum atomic E-state index is -3.82. The summed E-state index contributed by atoms with van der Waals surface area (Å²) in [6.45, 7) is -0.356. The fraction of sp³-hybridized carbons (Fsp3) is 0.259. The number of nitrogens with one attached hydrogen (secondary N) is 1. The van der Waals surface area contributed by atoms with E-state index in [1.807, 2.05) is 54.6 Å². The Hall–Kier alpha value is -3.37. The number of anilines is 1. The van der Waals surface area contributed by atoms with Crippen LogP contribution in [-0.2, 0) is 32.6 Å². The van der Waals surface area contributed by atoms with Gasteiger partial charge in [0.2, 0.25) is 21.8 Å². The molecule has 0 aliphatic carbocycles. The van der Waals surface area contributed by atoms with E-state index in [1.54, 1.807) is 24.3 Å². The summed E-state index contributed by atoms with van der Waals surface area (Å²) in [5.74, 6) is -0.296. The minimum absolute atomic E-state index is 0.114. The van der Waals surface area contributed by atoms with E-state index >= 15 is 0 Å². The van der Waals surface area contributed by atoms with E-state index in [0.29, 0.717) is 11.4 Å². The van der Waals surface area contributed by atoms with Crippen LogP contribution in [0.4, 0.5) is 5.69 Å². The van der Waals surface area contributed by atoms with Crippen molar-refractivity contribution in [2.75, 3.05) is 31.3 Å². The van der Waals surface area contributed by atoms with E-state index in [1.165, 1.54) is 19.1 Å². The Labute approximate surface area is 226 Å². The third-order valence-electron chi connectivity index (χ3n) is 5.80. The van der Waals surface area contributed by atoms with Crippen molar-refractivity contribution < 1.29 is 22.7 Å². The number of methoxy groups -OCH3 is 1. The van der Waals surface area contributed by atoms with Crippen LogP contribution in [0, 0.1) is 0 Å². The van der Waals surface area contributed by atoms with Crippen molar-refractivity contribution in [2.45, 2.75) is 19.0 Å². The van der Waals surface area contributed by atoms with Gasteiger partial charge in [0.05, 0.1) is 19.1 Å². The molecule has 3 aromatic carbocycles. The highest BCUT2D eigenvalue weighted by Crippen LogP contribution is 2.23. The Kier molecular flexibility index (Phi) is 9.71. The van der Waals surface area contributed by atoms with Gasteiger partial charge in [-0.15, -0.1) is 0 Å². The van der Waals surface area contributed by atoms with Crippen LogP contribution in [0.15, 0.2) is 83.3 Å². The molecule has 196 valence electrons. The van der Waals surface area contributed by atoms with Crippen LogP contribution < -0.4 is 14.4 Å². The average Bonchev–Trinajstić information content (AvgIpc) is 2.88. The number of ether oxygens (including phenoxy) is 1. The summed E-state index contributed by atoms with van der Waals surface area (Å²) >= 11 is 3.45. The monoisotopic (exact) mass is 587 g/mol. The number of rotatable bonds is 11. The molecule has 3 rings (SSSR count). The zero-order chi connectivity index (χ0) is 27.0. The molecule has 0 aliphatic rings. The first kappa shape index (κ1) is 28.2. The topological polar surface area (TPSA) is 96.0 Å². The second-order valence-electron chi connectivity index (χ2n) is 8.44. The summed E-state index contributed by atoms with van der Waals surface area (Å²) in [6, 6.07) is 22.3. The first-order chi connectivity index (χ1) is 17.6. The number of likely N-dealkylation sites (N-methyl/N-ethyl adjacent to an activating group) is 1. The molecule has 0 spiro atoms. The molecule has 0 heterocycles. The van der Waals surface area contributed by atoms with Gasteiger partial charge in [-0.2, -0.15) is 0 Å². The highest BCUT2D eigenvalue weighted by atomic mass is 79.9. The number of sulfonamides is 1. The van der Waals surface area contributed by atoms with E-state index < -0.39 is 28.5 Å². The molecule has 0 saturated heterocycles. The van der Waals surface area contributed by atoms with Crippen LogP contribution >= 0.6 is 15.9 Å². The first-order valence-corrected chi connectivity index (χ1v) is 14.2. The summed E-state index contributed by atoms with van der Waals surface area (Å²) < 4.78 is 32.5. The molecule has 0 aromatic heterocycles. The number of carbonyl (C=O) groups excluding carboxylic acids is 2. The first-order valence-electron chi connectivity index (χ1n) is 11.5. The van der Waals surface area contributed by atoms with Gasteiger partial charge in [-0.25, -0.2) is 8.42 Å². The van der Waals surface area contributed by atoms with Crippen molar-refractivity contribution in [3.05, 3.63) is 94.5 Å². The number of hydrogen-bond acceptors (Lipinski definition) is 5. The molecule has 8 nitrogen and oxygen atoms in total. The van der Waals surface area contributed by atoms with Gasteiger partial charge >= 0.3 is 0 Å². The fourth-order valence-electron chi connectivity index (χ4n) is 3.91. The van der Waals surface area contributed by atoms with Crippen LogP contribution in [0.5, 0.6) is 5.75 Å².